The lowest BCUT2D eigenvalue weighted by atomic mass is 10.1. The van der Waals surface area contributed by atoms with Gasteiger partial charge in [0.05, 0.1) is 29.9 Å². The highest BCUT2D eigenvalue weighted by molar-refractivity contribution is 6.21. The van der Waals surface area contributed by atoms with Crippen molar-refractivity contribution >= 4 is 17.8 Å². The number of fused-ring (bicyclic) bond motifs is 1. The maximum atomic E-state index is 12.8. The first kappa shape index (κ1) is 17.6. The van der Waals surface area contributed by atoms with E-state index < -0.39 is 11.9 Å². The molecule has 0 N–H and O–H groups in total. The Kier molecular flexibility index (Phi) is 4.97. The number of esters is 1. The number of hydrogen-bond donors (Lipinski definition) is 0. The predicted molar refractivity (Wildman–Crippen MR) is 89.7 cm³/mol. The van der Waals surface area contributed by atoms with Gasteiger partial charge in [-0.3, -0.25) is 14.5 Å². The summed E-state index contributed by atoms with van der Waals surface area (Å²) >= 11 is 0. The second-order valence-corrected chi connectivity index (χ2v) is 5.72. The Hall–Kier alpha value is -3.22. The van der Waals surface area contributed by atoms with E-state index in [0.717, 1.165) is 4.90 Å². The molecule has 26 heavy (non-hydrogen) atoms. The average Bonchev–Trinajstić information content (AvgIpc) is 2.87. The second-order valence-electron chi connectivity index (χ2n) is 5.72. The van der Waals surface area contributed by atoms with Gasteiger partial charge in [0, 0.05) is 13.5 Å². The zero-order valence-corrected chi connectivity index (χ0v) is 14.0. The molecule has 0 fully saturated rings. The van der Waals surface area contributed by atoms with E-state index in [2.05, 4.69) is 0 Å². The fourth-order valence-electron chi connectivity index (χ4n) is 2.52. The van der Waals surface area contributed by atoms with Gasteiger partial charge in [-0.1, -0.05) is 0 Å². The third-order valence-electron chi connectivity index (χ3n) is 3.93. The fraction of sp³-hybridized carbons (Fsp3) is 0.211. The molecule has 0 spiro atoms. The minimum absolute atomic E-state index is 0.129. The minimum Gasteiger partial charge on any atom is -0.493 e. The van der Waals surface area contributed by atoms with Crippen LogP contribution < -0.4 is 4.74 Å². The van der Waals surface area contributed by atoms with Crippen molar-refractivity contribution in [1.29, 1.82) is 0 Å². The molecule has 2 amide bonds. The van der Waals surface area contributed by atoms with Crippen molar-refractivity contribution in [2.45, 2.75) is 6.42 Å². The molecule has 0 atom stereocenters. The molecular weight excluding hydrogens is 341 g/mol. The Bertz CT molecular complexity index is 863. The summed E-state index contributed by atoms with van der Waals surface area (Å²) in [4.78, 5) is 36.8. The predicted octanol–water partition coefficient (Wildman–Crippen LogP) is 2.68. The molecule has 7 heteroatoms. The van der Waals surface area contributed by atoms with Crippen LogP contribution in [-0.4, -0.2) is 42.9 Å². The number of nitrogens with zero attached hydrogens (tertiary/aromatic N) is 1. The summed E-state index contributed by atoms with van der Waals surface area (Å²) in [5.41, 5.74) is 0.688. The third kappa shape index (κ3) is 3.56. The molecule has 0 saturated carbocycles. The maximum absolute atomic E-state index is 12.8. The van der Waals surface area contributed by atoms with E-state index in [4.69, 9.17) is 9.47 Å². The maximum Gasteiger partial charge on any atom is 0.338 e. The van der Waals surface area contributed by atoms with E-state index in [1.165, 1.54) is 49.5 Å². The standard InChI is InChI=1S/C19H16FNO5/c1-21-17(22)15-8-3-12(11-16(15)18(21)23)19(24)26-10-2-9-25-14-6-4-13(20)5-7-14/h3-8,11H,2,9-10H2,1H3. The molecule has 6 nitrogen and oxygen atoms in total. The zero-order valence-electron chi connectivity index (χ0n) is 14.0. The van der Waals surface area contributed by atoms with Crippen LogP contribution in [0.15, 0.2) is 42.5 Å². The topological polar surface area (TPSA) is 72.9 Å². The largest absolute Gasteiger partial charge is 0.493 e. The Morgan fingerprint density at radius 2 is 1.69 bits per heavy atom. The molecule has 0 saturated heterocycles. The number of carbonyl (C=O) groups is 3. The van der Waals surface area contributed by atoms with Crippen LogP contribution in [0.3, 0.4) is 0 Å². The van der Waals surface area contributed by atoms with Gasteiger partial charge in [-0.05, 0) is 42.5 Å². The van der Waals surface area contributed by atoms with Crippen molar-refractivity contribution in [1.82, 2.24) is 4.90 Å². The van der Waals surface area contributed by atoms with E-state index in [1.54, 1.807) is 0 Å². The lowest BCUT2D eigenvalue weighted by molar-refractivity contribution is 0.0485. The van der Waals surface area contributed by atoms with Crippen LogP contribution in [0, 0.1) is 5.82 Å². The quantitative estimate of drug-likeness (QED) is 0.451. The molecular formula is C19H16FNO5. The molecule has 0 bridgehead atoms. The number of benzene rings is 2. The van der Waals surface area contributed by atoms with E-state index >= 15 is 0 Å². The smallest absolute Gasteiger partial charge is 0.338 e. The first-order valence-corrected chi connectivity index (χ1v) is 7.99. The van der Waals surface area contributed by atoms with Gasteiger partial charge in [-0.15, -0.1) is 0 Å². The van der Waals surface area contributed by atoms with Crippen LogP contribution >= 0.6 is 0 Å². The van der Waals surface area contributed by atoms with Crippen LogP contribution in [0.25, 0.3) is 0 Å². The van der Waals surface area contributed by atoms with Crippen molar-refractivity contribution in [3.8, 4) is 5.75 Å². The van der Waals surface area contributed by atoms with Crippen molar-refractivity contribution in [3.05, 3.63) is 65.0 Å². The van der Waals surface area contributed by atoms with E-state index in [1.807, 2.05) is 0 Å². The zero-order chi connectivity index (χ0) is 18.7. The second kappa shape index (κ2) is 7.35. The van der Waals surface area contributed by atoms with Gasteiger partial charge in [0.1, 0.15) is 11.6 Å². The van der Waals surface area contributed by atoms with Gasteiger partial charge in [0.2, 0.25) is 0 Å². The summed E-state index contributed by atoms with van der Waals surface area (Å²) in [6, 6.07) is 9.91. The van der Waals surface area contributed by atoms with Crippen LogP contribution in [0.1, 0.15) is 37.5 Å². The molecule has 0 unspecified atom stereocenters. The molecule has 2 aromatic rings. The summed E-state index contributed by atoms with van der Waals surface area (Å²) in [5, 5.41) is 0. The van der Waals surface area contributed by atoms with Crippen LogP contribution in [0.2, 0.25) is 0 Å². The lowest BCUT2D eigenvalue weighted by Gasteiger charge is -2.07. The van der Waals surface area contributed by atoms with Gasteiger partial charge in [-0.2, -0.15) is 0 Å². The number of carbonyl (C=O) groups excluding carboxylic acids is 3. The Morgan fingerprint density at radius 3 is 2.42 bits per heavy atom. The lowest BCUT2D eigenvalue weighted by Crippen LogP contribution is -2.24. The summed E-state index contributed by atoms with van der Waals surface area (Å²) in [7, 11) is 1.39. The molecule has 134 valence electrons. The highest BCUT2D eigenvalue weighted by Crippen LogP contribution is 2.23. The number of imide groups is 1. The average molecular weight is 357 g/mol. The number of hydrogen-bond acceptors (Lipinski definition) is 5. The van der Waals surface area contributed by atoms with Crippen LogP contribution in [0.5, 0.6) is 5.75 Å². The minimum atomic E-state index is -0.579. The molecule has 0 aliphatic carbocycles. The number of ether oxygens (including phenoxy) is 2. The molecule has 1 heterocycles. The van der Waals surface area contributed by atoms with Crippen molar-refractivity contribution < 1.29 is 28.2 Å². The Balaban J connectivity index is 1.49. The Morgan fingerprint density at radius 1 is 1.00 bits per heavy atom. The molecule has 2 aromatic carbocycles. The molecule has 1 aliphatic rings. The summed E-state index contributed by atoms with van der Waals surface area (Å²) in [6.45, 7) is 0.435. The van der Waals surface area contributed by atoms with Crippen LogP contribution in [-0.2, 0) is 4.74 Å². The van der Waals surface area contributed by atoms with Gasteiger partial charge in [0.15, 0.2) is 0 Å². The van der Waals surface area contributed by atoms with Crippen molar-refractivity contribution in [2.75, 3.05) is 20.3 Å². The van der Waals surface area contributed by atoms with E-state index in [9.17, 15) is 18.8 Å². The first-order chi connectivity index (χ1) is 12.5. The monoisotopic (exact) mass is 357 g/mol. The van der Waals surface area contributed by atoms with Crippen molar-refractivity contribution in [2.24, 2.45) is 0 Å². The fourth-order valence-corrected chi connectivity index (χ4v) is 2.52. The summed E-state index contributed by atoms with van der Waals surface area (Å²) < 4.78 is 23.3. The number of rotatable bonds is 6. The third-order valence-corrected chi connectivity index (χ3v) is 3.93. The van der Waals surface area contributed by atoms with Gasteiger partial charge >= 0.3 is 5.97 Å². The molecule has 0 radical (unpaired) electrons. The van der Waals surface area contributed by atoms with Crippen LogP contribution in [0.4, 0.5) is 4.39 Å². The number of halogens is 1. The summed E-state index contributed by atoms with van der Waals surface area (Å²) in [5.74, 6) is -1.21. The number of amides is 2. The van der Waals surface area contributed by atoms with Gasteiger partial charge in [0.25, 0.3) is 11.8 Å². The molecule has 0 aromatic heterocycles. The van der Waals surface area contributed by atoms with Gasteiger partial charge < -0.3 is 9.47 Å². The highest BCUT2D eigenvalue weighted by atomic mass is 19.1. The van der Waals surface area contributed by atoms with Gasteiger partial charge in [-0.25, -0.2) is 9.18 Å². The normalized spacial score (nSPS) is 12.9. The van der Waals surface area contributed by atoms with E-state index in [-0.39, 0.29) is 35.0 Å². The highest BCUT2D eigenvalue weighted by Gasteiger charge is 2.33. The Labute approximate surface area is 149 Å². The molecule has 1 aliphatic heterocycles. The molecule has 3 rings (SSSR count). The SMILES string of the molecule is CN1C(=O)c2ccc(C(=O)OCCCOc3ccc(F)cc3)cc2C1=O. The van der Waals surface area contributed by atoms with E-state index in [0.29, 0.717) is 18.8 Å². The first-order valence-electron chi connectivity index (χ1n) is 7.99. The summed E-state index contributed by atoms with van der Waals surface area (Å²) in [6.07, 6.45) is 0.453. The van der Waals surface area contributed by atoms with Crippen molar-refractivity contribution in [3.63, 3.8) is 0 Å².